The molecule has 1 saturated carbocycles. The summed E-state index contributed by atoms with van der Waals surface area (Å²) in [5, 5.41) is 5.70. The van der Waals surface area contributed by atoms with Crippen molar-refractivity contribution in [3.8, 4) is 0 Å². The predicted octanol–water partition coefficient (Wildman–Crippen LogP) is 0.289. The summed E-state index contributed by atoms with van der Waals surface area (Å²) in [6.07, 6.45) is 4.52. The van der Waals surface area contributed by atoms with Crippen LogP contribution in [0.5, 0.6) is 0 Å². The molecule has 4 N–H and O–H groups in total. The van der Waals surface area contributed by atoms with Crippen LogP contribution in [0.15, 0.2) is 0 Å². The molecule has 0 spiro atoms. The maximum Gasteiger partial charge on any atom is 0.246 e. The molecule has 0 aromatic rings. The van der Waals surface area contributed by atoms with Crippen molar-refractivity contribution in [2.75, 3.05) is 6.54 Å². The Morgan fingerprint density at radius 2 is 1.88 bits per heavy atom. The van der Waals surface area contributed by atoms with Gasteiger partial charge in [0.15, 0.2) is 0 Å². The number of hydrogen-bond donors (Lipinski definition) is 3. The lowest BCUT2D eigenvalue weighted by Gasteiger charge is -2.37. The molecule has 1 fully saturated rings. The van der Waals surface area contributed by atoms with Gasteiger partial charge in [0.2, 0.25) is 11.8 Å². The van der Waals surface area contributed by atoms with E-state index in [1.807, 2.05) is 6.92 Å². The summed E-state index contributed by atoms with van der Waals surface area (Å²) in [4.78, 5) is 23.5. The number of carbonyl (C=O) groups is 2. The Morgan fingerprint density at radius 3 is 2.35 bits per heavy atom. The Bertz CT molecular complexity index is 285. The van der Waals surface area contributed by atoms with Crippen LogP contribution in [-0.2, 0) is 9.59 Å². The zero-order valence-electron chi connectivity index (χ0n) is 10.7. The number of amides is 2. The lowest BCUT2D eigenvalue weighted by Crippen LogP contribution is -2.61. The van der Waals surface area contributed by atoms with Crippen molar-refractivity contribution >= 4 is 11.8 Å². The quantitative estimate of drug-likeness (QED) is 0.661. The first-order valence-corrected chi connectivity index (χ1v) is 6.30. The molecule has 0 heterocycles. The number of nitrogens with two attached hydrogens (primary N) is 1. The molecule has 5 heteroatoms. The van der Waals surface area contributed by atoms with E-state index in [0.29, 0.717) is 6.54 Å². The second kappa shape index (κ2) is 6.00. The third-order valence-electron chi connectivity index (χ3n) is 3.29. The fraction of sp³-hybridized carbons (Fsp3) is 0.833. The average Bonchev–Trinajstić information content (AvgIpc) is 2.29. The zero-order valence-corrected chi connectivity index (χ0v) is 10.7. The van der Waals surface area contributed by atoms with Gasteiger partial charge in [-0.05, 0) is 19.8 Å². The Morgan fingerprint density at radius 1 is 1.29 bits per heavy atom. The molecule has 1 rings (SSSR count). The van der Waals surface area contributed by atoms with E-state index in [-0.39, 0.29) is 17.9 Å². The van der Waals surface area contributed by atoms with E-state index in [9.17, 15) is 9.59 Å². The fourth-order valence-corrected chi connectivity index (χ4v) is 2.32. The van der Waals surface area contributed by atoms with Crippen LogP contribution in [0, 0.1) is 0 Å². The summed E-state index contributed by atoms with van der Waals surface area (Å²) in [7, 11) is 0. The maximum atomic E-state index is 12.2. The normalized spacial score (nSPS) is 20.4. The summed E-state index contributed by atoms with van der Waals surface area (Å²) in [6.45, 7) is 3.72. The largest absolute Gasteiger partial charge is 0.350 e. The molecule has 0 aliphatic heterocycles. The molecule has 17 heavy (non-hydrogen) atoms. The predicted molar refractivity (Wildman–Crippen MR) is 66.3 cm³/mol. The molecule has 1 aliphatic carbocycles. The van der Waals surface area contributed by atoms with Gasteiger partial charge < -0.3 is 16.4 Å². The highest BCUT2D eigenvalue weighted by Gasteiger charge is 2.40. The van der Waals surface area contributed by atoms with Gasteiger partial charge >= 0.3 is 0 Å². The lowest BCUT2D eigenvalue weighted by molar-refractivity contribution is -0.134. The van der Waals surface area contributed by atoms with Crippen molar-refractivity contribution < 1.29 is 9.59 Å². The minimum atomic E-state index is -0.715. The molecule has 0 bridgehead atoms. The lowest BCUT2D eigenvalue weighted by atomic mass is 9.80. The monoisotopic (exact) mass is 241 g/mol. The van der Waals surface area contributed by atoms with Crippen molar-refractivity contribution in [1.29, 1.82) is 0 Å². The molecular formula is C12H23N3O2. The van der Waals surface area contributed by atoms with E-state index >= 15 is 0 Å². The molecule has 1 aliphatic rings. The molecule has 2 amide bonds. The molecule has 1 atom stereocenters. The van der Waals surface area contributed by atoms with E-state index in [2.05, 4.69) is 10.6 Å². The molecule has 5 nitrogen and oxygen atoms in total. The van der Waals surface area contributed by atoms with Crippen molar-refractivity contribution in [2.45, 2.75) is 57.5 Å². The third-order valence-corrected chi connectivity index (χ3v) is 3.29. The molecule has 0 radical (unpaired) electrons. The molecule has 0 aromatic heterocycles. The minimum absolute atomic E-state index is 0.0601. The van der Waals surface area contributed by atoms with Gasteiger partial charge in [0, 0.05) is 19.5 Å². The Hall–Kier alpha value is -1.10. The highest BCUT2D eigenvalue weighted by atomic mass is 16.2. The van der Waals surface area contributed by atoms with Gasteiger partial charge in [0.25, 0.3) is 0 Å². The molecule has 0 unspecified atom stereocenters. The number of carbonyl (C=O) groups excluding carboxylic acids is 2. The minimum Gasteiger partial charge on any atom is -0.350 e. The number of rotatable bonds is 4. The van der Waals surface area contributed by atoms with Gasteiger partial charge in [-0.2, -0.15) is 0 Å². The Labute approximate surface area is 103 Å². The highest BCUT2D eigenvalue weighted by Crippen LogP contribution is 2.28. The third kappa shape index (κ3) is 3.70. The molecular weight excluding hydrogens is 218 g/mol. The van der Waals surface area contributed by atoms with Crippen molar-refractivity contribution in [2.24, 2.45) is 5.73 Å². The SMILES string of the molecule is CC(=O)NC1(C(=O)N[C@@H](C)CN)CCCCC1. The molecule has 0 saturated heterocycles. The smallest absolute Gasteiger partial charge is 0.246 e. The van der Waals surface area contributed by atoms with E-state index in [4.69, 9.17) is 5.73 Å². The van der Waals surface area contributed by atoms with Gasteiger partial charge in [0.05, 0.1) is 0 Å². The Kier molecular flexibility index (Phi) is 4.93. The highest BCUT2D eigenvalue weighted by molar-refractivity contribution is 5.91. The summed E-state index contributed by atoms with van der Waals surface area (Å²) in [5.74, 6) is -0.243. The van der Waals surface area contributed by atoms with Crippen LogP contribution < -0.4 is 16.4 Å². The van der Waals surface area contributed by atoms with E-state index in [0.717, 1.165) is 32.1 Å². The van der Waals surface area contributed by atoms with Crippen molar-refractivity contribution in [3.05, 3.63) is 0 Å². The second-order valence-corrected chi connectivity index (χ2v) is 4.93. The van der Waals surface area contributed by atoms with Crippen LogP contribution in [-0.4, -0.2) is 29.9 Å². The molecule has 0 aromatic carbocycles. The van der Waals surface area contributed by atoms with E-state index in [1.165, 1.54) is 6.92 Å². The average molecular weight is 241 g/mol. The summed E-state index contributed by atoms with van der Waals surface area (Å²) >= 11 is 0. The van der Waals surface area contributed by atoms with Crippen LogP contribution >= 0.6 is 0 Å². The fourth-order valence-electron chi connectivity index (χ4n) is 2.32. The van der Waals surface area contributed by atoms with Gasteiger partial charge in [0.1, 0.15) is 5.54 Å². The van der Waals surface area contributed by atoms with Crippen molar-refractivity contribution in [3.63, 3.8) is 0 Å². The summed E-state index contributed by atoms with van der Waals surface area (Å²) in [5.41, 5.74) is 4.78. The zero-order chi connectivity index (χ0) is 12.9. The molecule has 98 valence electrons. The van der Waals surface area contributed by atoms with Crippen LogP contribution in [0.1, 0.15) is 46.0 Å². The van der Waals surface area contributed by atoms with Gasteiger partial charge in [-0.15, -0.1) is 0 Å². The standard InChI is InChI=1S/C12H23N3O2/c1-9(8-13)14-11(17)12(15-10(2)16)6-4-3-5-7-12/h9H,3-8,13H2,1-2H3,(H,14,17)(H,15,16)/t9-/m0/s1. The summed E-state index contributed by atoms with van der Waals surface area (Å²) in [6, 6.07) is -0.0601. The first kappa shape index (κ1) is 14.0. The topological polar surface area (TPSA) is 84.2 Å². The van der Waals surface area contributed by atoms with Crippen LogP contribution in [0.3, 0.4) is 0 Å². The van der Waals surface area contributed by atoms with Crippen LogP contribution in [0.4, 0.5) is 0 Å². The second-order valence-electron chi connectivity index (χ2n) is 4.93. The van der Waals surface area contributed by atoms with Gasteiger partial charge in [-0.1, -0.05) is 19.3 Å². The van der Waals surface area contributed by atoms with Gasteiger partial charge in [-0.3, -0.25) is 9.59 Å². The first-order valence-electron chi connectivity index (χ1n) is 6.30. The van der Waals surface area contributed by atoms with Crippen molar-refractivity contribution in [1.82, 2.24) is 10.6 Å². The first-order chi connectivity index (χ1) is 8.00. The van der Waals surface area contributed by atoms with E-state index in [1.54, 1.807) is 0 Å². The van der Waals surface area contributed by atoms with Gasteiger partial charge in [-0.25, -0.2) is 0 Å². The van der Waals surface area contributed by atoms with Crippen LogP contribution in [0.25, 0.3) is 0 Å². The van der Waals surface area contributed by atoms with Crippen LogP contribution in [0.2, 0.25) is 0 Å². The van der Waals surface area contributed by atoms with E-state index < -0.39 is 5.54 Å². The summed E-state index contributed by atoms with van der Waals surface area (Å²) < 4.78 is 0. The Balaban J connectivity index is 2.74. The number of hydrogen-bond acceptors (Lipinski definition) is 3. The number of nitrogens with one attached hydrogen (secondary N) is 2. The maximum absolute atomic E-state index is 12.2.